The van der Waals surface area contributed by atoms with Gasteiger partial charge in [-0.25, -0.2) is 0 Å². The summed E-state index contributed by atoms with van der Waals surface area (Å²) < 4.78 is 1.05. The van der Waals surface area contributed by atoms with E-state index in [1.807, 2.05) is 43.0 Å². The van der Waals surface area contributed by atoms with Crippen LogP contribution in [0, 0.1) is 5.92 Å². The fourth-order valence-electron chi connectivity index (χ4n) is 3.07. The summed E-state index contributed by atoms with van der Waals surface area (Å²) in [6.07, 6.45) is 2.21. The third-order valence-electron chi connectivity index (χ3n) is 4.69. The summed E-state index contributed by atoms with van der Waals surface area (Å²) in [5.41, 5.74) is 0.616. The number of carbonyl (C=O) groups is 1. The number of nitrogens with zero attached hydrogens (tertiary/aromatic N) is 1. The molecule has 0 aromatic heterocycles. The molecule has 0 unspecified atom stereocenters. The lowest BCUT2D eigenvalue weighted by molar-refractivity contribution is -0.137. The Morgan fingerprint density at radius 1 is 1.27 bits per heavy atom. The number of likely N-dealkylation sites (tertiary alicyclic amines) is 1. The summed E-state index contributed by atoms with van der Waals surface area (Å²) in [5, 5.41) is 3.42. The van der Waals surface area contributed by atoms with Crippen LogP contribution in [0.15, 0.2) is 28.7 Å². The number of nitrogens with one attached hydrogen (secondary N) is 1. The summed E-state index contributed by atoms with van der Waals surface area (Å²) in [4.78, 5) is 15.0. The number of piperidine rings is 1. The summed E-state index contributed by atoms with van der Waals surface area (Å²) in [6.45, 7) is 10.1. The van der Waals surface area contributed by atoms with Crippen LogP contribution in [0.4, 0.5) is 0 Å². The molecule has 1 aromatic carbocycles. The van der Waals surface area contributed by atoms with Crippen LogP contribution in [0.3, 0.4) is 0 Å². The van der Waals surface area contributed by atoms with Crippen molar-refractivity contribution in [3.8, 4) is 0 Å². The van der Waals surface area contributed by atoms with E-state index in [4.69, 9.17) is 0 Å². The van der Waals surface area contributed by atoms with Crippen molar-refractivity contribution in [2.24, 2.45) is 5.92 Å². The molecule has 0 spiro atoms. The van der Waals surface area contributed by atoms with Gasteiger partial charge in [-0.1, -0.05) is 35.0 Å². The minimum Gasteiger partial charge on any atom is -0.342 e. The minimum absolute atomic E-state index is 0.247. The Balaban J connectivity index is 1.98. The van der Waals surface area contributed by atoms with Gasteiger partial charge in [0.05, 0.1) is 5.41 Å². The van der Waals surface area contributed by atoms with Gasteiger partial charge in [-0.2, -0.15) is 0 Å². The Morgan fingerprint density at radius 3 is 2.41 bits per heavy atom. The van der Waals surface area contributed by atoms with Gasteiger partial charge in [-0.15, -0.1) is 0 Å². The normalized spacial score (nSPS) is 16.8. The quantitative estimate of drug-likeness (QED) is 0.863. The van der Waals surface area contributed by atoms with E-state index in [2.05, 4.69) is 28.2 Å². The maximum atomic E-state index is 12.9. The van der Waals surface area contributed by atoms with Crippen LogP contribution >= 0.6 is 15.9 Å². The summed E-state index contributed by atoms with van der Waals surface area (Å²) in [7, 11) is 0. The van der Waals surface area contributed by atoms with Crippen LogP contribution in [0.1, 0.15) is 39.2 Å². The average molecular weight is 367 g/mol. The first kappa shape index (κ1) is 17.5. The molecule has 0 saturated carbocycles. The van der Waals surface area contributed by atoms with Gasteiger partial charge >= 0.3 is 0 Å². The van der Waals surface area contributed by atoms with E-state index in [9.17, 15) is 4.79 Å². The maximum absolute atomic E-state index is 12.9. The molecule has 4 heteroatoms. The molecular formula is C18H27BrN2O. The van der Waals surface area contributed by atoms with Crippen molar-refractivity contribution >= 4 is 21.8 Å². The summed E-state index contributed by atoms with van der Waals surface area (Å²) in [5.74, 6) is 0.955. The number of halogens is 1. The molecule has 1 aliphatic heterocycles. The van der Waals surface area contributed by atoms with Gasteiger partial charge in [0.1, 0.15) is 0 Å². The zero-order chi connectivity index (χ0) is 16.2. The molecule has 1 heterocycles. The molecule has 3 nitrogen and oxygen atoms in total. The number of hydrogen-bond acceptors (Lipinski definition) is 2. The van der Waals surface area contributed by atoms with Gasteiger partial charge in [-0.05, 0) is 63.4 Å². The second-order valence-corrected chi connectivity index (χ2v) is 7.59. The average Bonchev–Trinajstić information content (AvgIpc) is 2.53. The van der Waals surface area contributed by atoms with Crippen molar-refractivity contribution in [2.45, 2.75) is 39.0 Å². The van der Waals surface area contributed by atoms with Crippen LogP contribution in [-0.2, 0) is 10.2 Å². The highest BCUT2D eigenvalue weighted by Gasteiger charge is 2.35. The molecule has 0 bridgehead atoms. The number of benzene rings is 1. The molecule has 1 amide bonds. The van der Waals surface area contributed by atoms with Crippen molar-refractivity contribution in [2.75, 3.05) is 26.2 Å². The first-order valence-electron chi connectivity index (χ1n) is 8.21. The Morgan fingerprint density at radius 2 is 1.86 bits per heavy atom. The molecule has 1 N–H and O–H groups in total. The molecule has 1 fully saturated rings. The van der Waals surface area contributed by atoms with Gasteiger partial charge in [0, 0.05) is 17.6 Å². The van der Waals surface area contributed by atoms with E-state index in [1.54, 1.807) is 0 Å². The predicted molar refractivity (Wildman–Crippen MR) is 95.0 cm³/mol. The van der Waals surface area contributed by atoms with E-state index >= 15 is 0 Å². The van der Waals surface area contributed by atoms with Gasteiger partial charge in [0.15, 0.2) is 0 Å². The van der Waals surface area contributed by atoms with E-state index in [0.29, 0.717) is 5.92 Å². The fraction of sp³-hybridized carbons (Fsp3) is 0.611. The van der Waals surface area contributed by atoms with Gasteiger partial charge in [0.2, 0.25) is 5.91 Å². The van der Waals surface area contributed by atoms with Crippen LogP contribution in [0.25, 0.3) is 0 Å². The Bertz CT molecular complexity index is 490. The highest BCUT2D eigenvalue weighted by Crippen LogP contribution is 2.29. The molecule has 0 aliphatic carbocycles. The van der Waals surface area contributed by atoms with Crippen molar-refractivity contribution in [1.82, 2.24) is 10.2 Å². The SMILES string of the molecule is CCNCC1CCN(C(=O)C(C)(C)c2ccc(Br)cc2)CC1. The van der Waals surface area contributed by atoms with Gasteiger partial charge < -0.3 is 10.2 Å². The Labute approximate surface area is 142 Å². The topological polar surface area (TPSA) is 32.3 Å². The zero-order valence-corrected chi connectivity index (χ0v) is 15.4. The second kappa shape index (κ2) is 7.60. The van der Waals surface area contributed by atoms with Crippen molar-refractivity contribution in [3.63, 3.8) is 0 Å². The van der Waals surface area contributed by atoms with Crippen molar-refractivity contribution < 1.29 is 4.79 Å². The van der Waals surface area contributed by atoms with Gasteiger partial charge in [0.25, 0.3) is 0 Å². The smallest absolute Gasteiger partial charge is 0.232 e. The monoisotopic (exact) mass is 366 g/mol. The third-order valence-corrected chi connectivity index (χ3v) is 5.21. The highest BCUT2D eigenvalue weighted by atomic mass is 79.9. The molecule has 1 aliphatic rings. The third kappa shape index (κ3) is 4.11. The maximum Gasteiger partial charge on any atom is 0.232 e. The van der Waals surface area contributed by atoms with Crippen molar-refractivity contribution in [3.05, 3.63) is 34.3 Å². The van der Waals surface area contributed by atoms with Crippen LogP contribution in [0.5, 0.6) is 0 Å². The first-order valence-corrected chi connectivity index (χ1v) is 9.00. The Kier molecular flexibility index (Phi) is 6.04. The highest BCUT2D eigenvalue weighted by molar-refractivity contribution is 9.10. The lowest BCUT2D eigenvalue weighted by atomic mass is 9.82. The van der Waals surface area contributed by atoms with E-state index in [1.165, 1.54) is 0 Å². The Hall–Kier alpha value is -0.870. The van der Waals surface area contributed by atoms with Crippen LogP contribution in [0.2, 0.25) is 0 Å². The van der Waals surface area contributed by atoms with Gasteiger partial charge in [-0.3, -0.25) is 4.79 Å². The number of carbonyl (C=O) groups excluding carboxylic acids is 1. The molecule has 1 saturated heterocycles. The molecular weight excluding hydrogens is 340 g/mol. The second-order valence-electron chi connectivity index (χ2n) is 6.68. The minimum atomic E-state index is -0.463. The summed E-state index contributed by atoms with van der Waals surface area (Å²) >= 11 is 3.45. The lowest BCUT2D eigenvalue weighted by Gasteiger charge is -2.37. The number of hydrogen-bond donors (Lipinski definition) is 1. The fourth-order valence-corrected chi connectivity index (χ4v) is 3.34. The molecule has 0 radical (unpaired) electrons. The number of rotatable bonds is 5. The zero-order valence-electron chi connectivity index (χ0n) is 13.9. The molecule has 22 heavy (non-hydrogen) atoms. The largest absolute Gasteiger partial charge is 0.342 e. The van der Waals surface area contributed by atoms with Crippen LogP contribution < -0.4 is 5.32 Å². The molecule has 0 atom stereocenters. The lowest BCUT2D eigenvalue weighted by Crippen LogP contribution is -2.47. The van der Waals surface area contributed by atoms with Crippen LogP contribution in [-0.4, -0.2) is 37.0 Å². The first-order chi connectivity index (χ1) is 10.4. The van der Waals surface area contributed by atoms with E-state index in [0.717, 1.165) is 49.1 Å². The summed E-state index contributed by atoms with van der Waals surface area (Å²) in [6, 6.07) is 8.10. The molecule has 1 aromatic rings. The van der Waals surface area contributed by atoms with Crippen molar-refractivity contribution in [1.29, 1.82) is 0 Å². The standard InChI is InChI=1S/C18H27BrN2O/c1-4-20-13-14-9-11-21(12-10-14)17(22)18(2,3)15-5-7-16(19)8-6-15/h5-8,14,20H,4,9-13H2,1-3H3. The van der Waals surface area contributed by atoms with E-state index in [-0.39, 0.29) is 5.91 Å². The number of amides is 1. The predicted octanol–water partition coefficient (Wildman–Crippen LogP) is 3.57. The molecule has 2 rings (SSSR count). The van der Waals surface area contributed by atoms with E-state index < -0.39 is 5.41 Å². The molecule has 122 valence electrons.